The van der Waals surface area contributed by atoms with Crippen LogP contribution in [-0.4, -0.2) is 46.0 Å². The predicted molar refractivity (Wildman–Crippen MR) is 83.2 cm³/mol. The molecule has 0 unspecified atom stereocenters. The number of rotatable bonds is 8. The second-order valence-electron chi connectivity index (χ2n) is 4.74. The first-order chi connectivity index (χ1) is 11.5. The van der Waals surface area contributed by atoms with Crippen molar-refractivity contribution in [3.05, 3.63) is 42.5 Å². The van der Waals surface area contributed by atoms with Crippen LogP contribution in [-0.2, 0) is 14.8 Å². The molecule has 1 aromatic rings. The van der Waals surface area contributed by atoms with Crippen molar-refractivity contribution < 1.29 is 31.2 Å². The van der Waals surface area contributed by atoms with Gasteiger partial charge in [0.25, 0.3) is 5.91 Å². The van der Waals surface area contributed by atoms with Gasteiger partial charge in [0.05, 0.1) is 11.4 Å². The van der Waals surface area contributed by atoms with Gasteiger partial charge in [-0.2, -0.15) is 13.2 Å². The van der Waals surface area contributed by atoms with Crippen LogP contribution in [0.1, 0.15) is 10.4 Å². The molecule has 0 saturated carbocycles. The summed E-state index contributed by atoms with van der Waals surface area (Å²) < 4.78 is 61.7. The van der Waals surface area contributed by atoms with Crippen LogP contribution >= 0.6 is 0 Å². The van der Waals surface area contributed by atoms with Gasteiger partial charge >= 0.3 is 6.18 Å². The number of benzene rings is 1. The third kappa shape index (κ3) is 7.35. The zero-order valence-corrected chi connectivity index (χ0v) is 13.7. The van der Waals surface area contributed by atoms with E-state index in [0.717, 1.165) is 0 Å². The maximum absolute atomic E-state index is 11.9. The summed E-state index contributed by atoms with van der Waals surface area (Å²) >= 11 is 0. The molecule has 11 heteroatoms. The number of amides is 2. The summed E-state index contributed by atoms with van der Waals surface area (Å²) in [6.07, 6.45) is -3.18. The SMILES string of the molecule is C=CCNS(=O)(=O)c1ccc(C(=O)NCC(=O)NCC(F)(F)F)cc1. The van der Waals surface area contributed by atoms with Gasteiger partial charge in [-0.25, -0.2) is 13.1 Å². The van der Waals surface area contributed by atoms with Crippen molar-refractivity contribution in [3.8, 4) is 0 Å². The van der Waals surface area contributed by atoms with Gasteiger partial charge in [-0.15, -0.1) is 6.58 Å². The van der Waals surface area contributed by atoms with Crippen LogP contribution in [0.3, 0.4) is 0 Å². The van der Waals surface area contributed by atoms with Gasteiger partial charge in [-0.3, -0.25) is 9.59 Å². The molecule has 0 atom stereocenters. The number of hydrogen-bond donors (Lipinski definition) is 3. The van der Waals surface area contributed by atoms with Crippen molar-refractivity contribution in [2.24, 2.45) is 0 Å². The topological polar surface area (TPSA) is 104 Å². The Morgan fingerprint density at radius 1 is 1.12 bits per heavy atom. The fourth-order valence-electron chi connectivity index (χ4n) is 1.56. The lowest BCUT2D eigenvalue weighted by molar-refractivity contribution is -0.137. The molecule has 0 aliphatic rings. The minimum absolute atomic E-state index is 0.0393. The van der Waals surface area contributed by atoms with Crippen molar-refractivity contribution in [2.45, 2.75) is 11.1 Å². The first-order valence-corrected chi connectivity index (χ1v) is 8.36. The van der Waals surface area contributed by atoms with E-state index in [1.807, 2.05) is 0 Å². The molecule has 138 valence electrons. The van der Waals surface area contributed by atoms with E-state index in [0.29, 0.717) is 0 Å². The Kier molecular flexibility index (Phi) is 7.12. The number of nitrogens with one attached hydrogen (secondary N) is 3. The molecule has 7 nitrogen and oxygen atoms in total. The second kappa shape index (κ2) is 8.62. The molecule has 0 spiro atoms. The van der Waals surface area contributed by atoms with Crippen LogP contribution in [0, 0.1) is 0 Å². The number of carbonyl (C=O) groups excluding carboxylic acids is 2. The smallest absolute Gasteiger partial charge is 0.345 e. The van der Waals surface area contributed by atoms with Gasteiger partial charge in [0.15, 0.2) is 0 Å². The lowest BCUT2D eigenvalue weighted by Gasteiger charge is -2.09. The molecular formula is C14H16F3N3O4S. The van der Waals surface area contributed by atoms with Crippen LogP contribution in [0.15, 0.2) is 41.8 Å². The first-order valence-electron chi connectivity index (χ1n) is 6.87. The van der Waals surface area contributed by atoms with Crippen LogP contribution in [0.4, 0.5) is 13.2 Å². The van der Waals surface area contributed by atoms with Gasteiger partial charge in [-0.05, 0) is 24.3 Å². The van der Waals surface area contributed by atoms with Crippen LogP contribution in [0.5, 0.6) is 0 Å². The third-order valence-corrected chi connectivity index (χ3v) is 4.18. The Morgan fingerprint density at radius 2 is 1.72 bits per heavy atom. The summed E-state index contributed by atoms with van der Waals surface area (Å²) in [6.45, 7) is 1.28. The molecule has 0 fully saturated rings. The minimum atomic E-state index is -4.54. The van der Waals surface area contributed by atoms with Crippen molar-refractivity contribution in [2.75, 3.05) is 19.6 Å². The van der Waals surface area contributed by atoms with E-state index in [-0.39, 0.29) is 17.0 Å². The molecule has 1 rings (SSSR count). The highest BCUT2D eigenvalue weighted by atomic mass is 32.2. The summed E-state index contributed by atoms with van der Waals surface area (Å²) in [5, 5.41) is 3.73. The summed E-state index contributed by atoms with van der Waals surface area (Å²) in [5.74, 6) is -1.73. The van der Waals surface area contributed by atoms with Crippen molar-refractivity contribution in [3.63, 3.8) is 0 Å². The highest BCUT2D eigenvalue weighted by Crippen LogP contribution is 2.12. The largest absolute Gasteiger partial charge is 0.405 e. The molecule has 3 N–H and O–H groups in total. The normalized spacial score (nSPS) is 11.6. The highest BCUT2D eigenvalue weighted by Gasteiger charge is 2.27. The molecule has 0 aliphatic carbocycles. The van der Waals surface area contributed by atoms with Crippen molar-refractivity contribution >= 4 is 21.8 Å². The number of alkyl halides is 3. The maximum atomic E-state index is 11.9. The van der Waals surface area contributed by atoms with E-state index in [1.165, 1.54) is 30.3 Å². The average Bonchev–Trinajstić information content (AvgIpc) is 2.55. The summed E-state index contributed by atoms with van der Waals surface area (Å²) in [6, 6.07) is 4.80. The molecule has 0 aromatic heterocycles. The molecule has 0 bridgehead atoms. The lowest BCUT2D eigenvalue weighted by Crippen LogP contribution is -2.40. The van der Waals surface area contributed by atoms with E-state index >= 15 is 0 Å². The third-order valence-electron chi connectivity index (χ3n) is 2.74. The van der Waals surface area contributed by atoms with Gasteiger partial charge in [0.1, 0.15) is 6.54 Å². The average molecular weight is 379 g/mol. The molecule has 0 heterocycles. The van der Waals surface area contributed by atoms with E-state index in [4.69, 9.17) is 0 Å². The minimum Gasteiger partial charge on any atom is -0.345 e. The van der Waals surface area contributed by atoms with Crippen molar-refractivity contribution in [1.29, 1.82) is 0 Å². The summed E-state index contributed by atoms with van der Waals surface area (Å²) in [5.41, 5.74) is 0.0475. The first kappa shape index (κ1) is 20.6. The highest BCUT2D eigenvalue weighted by molar-refractivity contribution is 7.89. The van der Waals surface area contributed by atoms with E-state index in [2.05, 4.69) is 16.6 Å². The van der Waals surface area contributed by atoms with Crippen LogP contribution in [0.25, 0.3) is 0 Å². The molecular weight excluding hydrogens is 363 g/mol. The number of carbonyl (C=O) groups is 2. The number of hydrogen-bond acceptors (Lipinski definition) is 4. The van der Waals surface area contributed by atoms with Gasteiger partial charge < -0.3 is 10.6 Å². The molecule has 0 radical (unpaired) electrons. The van der Waals surface area contributed by atoms with Crippen molar-refractivity contribution in [1.82, 2.24) is 15.4 Å². The summed E-state index contributed by atoms with van der Waals surface area (Å²) in [7, 11) is -3.74. The van der Waals surface area contributed by atoms with E-state index < -0.39 is 41.1 Å². The van der Waals surface area contributed by atoms with E-state index in [1.54, 1.807) is 5.32 Å². The van der Waals surface area contributed by atoms with Crippen LogP contribution in [0.2, 0.25) is 0 Å². The van der Waals surface area contributed by atoms with E-state index in [9.17, 15) is 31.2 Å². The van der Waals surface area contributed by atoms with Crippen LogP contribution < -0.4 is 15.4 Å². The lowest BCUT2D eigenvalue weighted by atomic mass is 10.2. The molecule has 1 aromatic carbocycles. The predicted octanol–water partition coefficient (Wildman–Crippen LogP) is 0.559. The Labute approximate surface area is 142 Å². The maximum Gasteiger partial charge on any atom is 0.405 e. The number of halogens is 3. The van der Waals surface area contributed by atoms with Gasteiger partial charge in [-0.1, -0.05) is 6.08 Å². The van der Waals surface area contributed by atoms with Gasteiger partial charge in [0, 0.05) is 12.1 Å². The standard InChI is InChI=1S/C14H16F3N3O4S/c1-2-7-20-25(23,24)11-5-3-10(4-6-11)13(22)18-8-12(21)19-9-14(15,16)17/h2-6,20H,1,7-9H2,(H,18,22)(H,19,21). The number of sulfonamides is 1. The Morgan fingerprint density at radius 3 is 2.24 bits per heavy atom. The summed E-state index contributed by atoms with van der Waals surface area (Å²) in [4.78, 5) is 22.9. The fraction of sp³-hybridized carbons (Fsp3) is 0.286. The zero-order valence-electron chi connectivity index (χ0n) is 12.9. The van der Waals surface area contributed by atoms with Gasteiger partial charge in [0.2, 0.25) is 15.9 Å². The quantitative estimate of drug-likeness (QED) is 0.574. The zero-order chi connectivity index (χ0) is 19.1. The molecule has 0 aliphatic heterocycles. The Balaban J connectivity index is 2.60. The Hall–Kier alpha value is -2.40. The molecule has 25 heavy (non-hydrogen) atoms. The fourth-order valence-corrected chi connectivity index (χ4v) is 2.56. The Bertz CT molecular complexity index is 731. The second-order valence-corrected chi connectivity index (χ2v) is 6.51. The molecule has 0 saturated heterocycles. The monoisotopic (exact) mass is 379 g/mol. The molecule has 2 amide bonds.